The smallest absolute Gasteiger partial charge is 0.331 e. The molecule has 0 spiro atoms. The van der Waals surface area contributed by atoms with Gasteiger partial charge < -0.3 is 5.11 Å². The van der Waals surface area contributed by atoms with Crippen LogP contribution >= 0.6 is 11.3 Å². The summed E-state index contributed by atoms with van der Waals surface area (Å²) in [4.78, 5) is 11.8. The Bertz CT molecular complexity index is 336. The van der Waals surface area contributed by atoms with Crippen LogP contribution in [0.3, 0.4) is 0 Å². The van der Waals surface area contributed by atoms with Crippen molar-refractivity contribution < 1.29 is 9.90 Å². The van der Waals surface area contributed by atoms with Crippen LogP contribution in [0.2, 0.25) is 0 Å². The third-order valence-corrected chi connectivity index (χ3v) is 2.89. The highest BCUT2D eigenvalue weighted by molar-refractivity contribution is 7.10. The second-order valence-corrected chi connectivity index (χ2v) is 3.79. The summed E-state index contributed by atoms with van der Waals surface area (Å²) in [5.74, 6) is -0.853. The van der Waals surface area contributed by atoms with Crippen LogP contribution < -0.4 is 0 Å². The minimum Gasteiger partial charge on any atom is -0.478 e. The molecule has 0 aromatic carbocycles. The van der Waals surface area contributed by atoms with Gasteiger partial charge in [0.1, 0.15) is 0 Å². The predicted octanol–water partition coefficient (Wildman–Crippen LogP) is 2.80. The van der Waals surface area contributed by atoms with Gasteiger partial charge in [-0.15, -0.1) is 11.3 Å². The van der Waals surface area contributed by atoms with E-state index >= 15 is 0 Å². The van der Waals surface area contributed by atoms with E-state index in [1.807, 2.05) is 11.4 Å². The van der Waals surface area contributed by atoms with Crippen molar-refractivity contribution in [2.75, 3.05) is 0 Å². The molecule has 0 amide bonds. The predicted molar refractivity (Wildman–Crippen MR) is 55.0 cm³/mol. The van der Waals surface area contributed by atoms with Gasteiger partial charge in [-0.2, -0.15) is 0 Å². The lowest BCUT2D eigenvalue weighted by atomic mass is 10.1. The van der Waals surface area contributed by atoms with Crippen molar-refractivity contribution in [1.29, 1.82) is 0 Å². The fourth-order valence-electron chi connectivity index (χ4n) is 1.06. The Hall–Kier alpha value is -1.09. The largest absolute Gasteiger partial charge is 0.478 e. The average Bonchev–Trinajstić information content (AvgIpc) is 2.51. The van der Waals surface area contributed by atoms with Crippen molar-refractivity contribution in [2.45, 2.75) is 20.3 Å². The van der Waals surface area contributed by atoms with Crippen LogP contribution in [0.5, 0.6) is 0 Å². The fourth-order valence-corrected chi connectivity index (χ4v) is 1.87. The quantitative estimate of drug-likeness (QED) is 0.755. The van der Waals surface area contributed by atoms with E-state index in [1.165, 1.54) is 4.88 Å². The van der Waals surface area contributed by atoms with Crippen LogP contribution in [0.1, 0.15) is 24.3 Å². The summed E-state index contributed by atoms with van der Waals surface area (Å²) in [5.41, 5.74) is 1.42. The maximum Gasteiger partial charge on any atom is 0.331 e. The number of hydrogen-bond donors (Lipinski definition) is 1. The summed E-state index contributed by atoms with van der Waals surface area (Å²) in [7, 11) is 0. The third-order valence-electron chi connectivity index (χ3n) is 1.81. The standard InChI is InChI=1S/C10H12O2S/c1-3-9-8(4-5-13-9)6-7(2)10(11)12/h4-6H,3H2,1-2H3,(H,11,12). The fraction of sp³-hybridized carbons (Fsp3) is 0.300. The summed E-state index contributed by atoms with van der Waals surface area (Å²) in [5, 5.41) is 10.7. The van der Waals surface area contributed by atoms with E-state index < -0.39 is 5.97 Å². The van der Waals surface area contributed by atoms with E-state index in [0.29, 0.717) is 5.57 Å². The molecule has 0 atom stereocenters. The Labute approximate surface area is 81.5 Å². The maximum atomic E-state index is 10.6. The van der Waals surface area contributed by atoms with Crippen molar-refractivity contribution >= 4 is 23.4 Å². The summed E-state index contributed by atoms with van der Waals surface area (Å²) in [6, 6.07) is 1.95. The summed E-state index contributed by atoms with van der Waals surface area (Å²) < 4.78 is 0. The highest BCUT2D eigenvalue weighted by Gasteiger charge is 2.03. The summed E-state index contributed by atoms with van der Waals surface area (Å²) in [6.07, 6.45) is 2.67. The Morgan fingerprint density at radius 1 is 1.69 bits per heavy atom. The topological polar surface area (TPSA) is 37.3 Å². The highest BCUT2D eigenvalue weighted by atomic mass is 32.1. The molecule has 0 radical (unpaired) electrons. The molecule has 1 heterocycles. The second kappa shape index (κ2) is 4.23. The van der Waals surface area contributed by atoms with Gasteiger partial charge in [0, 0.05) is 10.5 Å². The molecule has 2 nitrogen and oxygen atoms in total. The zero-order valence-electron chi connectivity index (χ0n) is 7.70. The van der Waals surface area contributed by atoms with E-state index in [2.05, 4.69) is 6.92 Å². The molecule has 0 aliphatic rings. The Morgan fingerprint density at radius 3 is 2.92 bits per heavy atom. The van der Waals surface area contributed by atoms with Gasteiger partial charge in [0.2, 0.25) is 0 Å². The minimum atomic E-state index is -0.853. The lowest BCUT2D eigenvalue weighted by Crippen LogP contribution is -1.95. The van der Waals surface area contributed by atoms with Crippen LogP contribution in [0, 0.1) is 0 Å². The van der Waals surface area contributed by atoms with Crippen LogP contribution in [-0.4, -0.2) is 11.1 Å². The van der Waals surface area contributed by atoms with Crippen molar-refractivity contribution in [2.24, 2.45) is 0 Å². The zero-order valence-corrected chi connectivity index (χ0v) is 8.52. The number of aliphatic carboxylic acids is 1. The molecule has 1 rings (SSSR count). The number of hydrogen-bond acceptors (Lipinski definition) is 2. The van der Waals surface area contributed by atoms with E-state index in [4.69, 9.17) is 5.11 Å². The first-order valence-electron chi connectivity index (χ1n) is 4.13. The lowest BCUT2D eigenvalue weighted by molar-refractivity contribution is -0.132. The molecule has 1 N–H and O–H groups in total. The van der Waals surface area contributed by atoms with Gasteiger partial charge in [0.05, 0.1) is 0 Å². The van der Waals surface area contributed by atoms with Crippen LogP contribution in [0.15, 0.2) is 17.0 Å². The maximum absolute atomic E-state index is 10.6. The van der Waals surface area contributed by atoms with Crippen molar-refractivity contribution in [1.82, 2.24) is 0 Å². The molecule has 0 aliphatic carbocycles. The van der Waals surface area contributed by atoms with Crippen LogP contribution in [0.4, 0.5) is 0 Å². The molecule has 13 heavy (non-hydrogen) atoms. The first-order chi connectivity index (χ1) is 6.15. The molecule has 1 aromatic rings. The molecular weight excluding hydrogens is 184 g/mol. The molecular formula is C10H12O2S. The number of carboxylic acid groups (broad SMARTS) is 1. The van der Waals surface area contributed by atoms with Gasteiger partial charge in [0.25, 0.3) is 0 Å². The van der Waals surface area contributed by atoms with Gasteiger partial charge >= 0.3 is 5.97 Å². The first-order valence-corrected chi connectivity index (χ1v) is 5.01. The number of carbonyl (C=O) groups is 1. The molecule has 3 heteroatoms. The van der Waals surface area contributed by atoms with E-state index in [0.717, 1.165) is 12.0 Å². The summed E-state index contributed by atoms with van der Waals surface area (Å²) in [6.45, 7) is 3.68. The SMILES string of the molecule is CCc1sccc1C=C(C)C(=O)O. The Morgan fingerprint density at radius 2 is 2.38 bits per heavy atom. The Kier molecular flexibility index (Phi) is 3.25. The lowest BCUT2D eigenvalue weighted by Gasteiger charge is -1.95. The Balaban J connectivity index is 2.96. The number of thiophene rings is 1. The number of carboxylic acids is 1. The van der Waals surface area contributed by atoms with Gasteiger partial charge in [-0.25, -0.2) is 4.79 Å². The molecule has 0 unspecified atom stereocenters. The molecule has 0 saturated carbocycles. The van der Waals surface area contributed by atoms with Gasteiger partial charge in [0.15, 0.2) is 0 Å². The average molecular weight is 196 g/mol. The third kappa shape index (κ3) is 2.42. The van der Waals surface area contributed by atoms with Gasteiger partial charge in [-0.3, -0.25) is 0 Å². The van der Waals surface area contributed by atoms with E-state index in [1.54, 1.807) is 24.3 Å². The zero-order chi connectivity index (χ0) is 9.84. The monoisotopic (exact) mass is 196 g/mol. The molecule has 1 aromatic heterocycles. The van der Waals surface area contributed by atoms with Crippen molar-refractivity contribution in [3.63, 3.8) is 0 Å². The van der Waals surface area contributed by atoms with E-state index in [-0.39, 0.29) is 0 Å². The minimum absolute atomic E-state index is 0.383. The van der Waals surface area contributed by atoms with Crippen molar-refractivity contribution in [3.8, 4) is 0 Å². The number of aryl methyl sites for hydroxylation is 1. The van der Waals surface area contributed by atoms with E-state index in [9.17, 15) is 4.79 Å². The molecule has 0 saturated heterocycles. The highest BCUT2D eigenvalue weighted by Crippen LogP contribution is 2.20. The van der Waals surface area contributed by atoms with Gasteiger partial charge in [-0.1, -0.05) is 6.92 Å². The van der Waals surface area contributed by atoms with Crippen LogP contribution in [-0.2, 0) is 11.2 Å². The summed E-state index contributed by atoms with van der Waals surface area (Å²) >= 11 is 1.67. The number of rotatable bonds is 3. The van der Waals surface area contributed by atoms with Gasteiger partial charge in [-0.05, 0) is 36.4 Å². The second-order valence-electron chi connectivity index (χ2n) is 2.79. The molecule has 0 bridgehead atoms. The van der Waals surface area contributed by atoms with Crippen molar-refractivity contribution in [3.05, 3.63) is 27.5 Å². The molecule has 70 valence electrons. The molecule has 0 aliphatic heterocycles. The first kappa shape index (κ1) is 9.99. The normalized spacial score (nSPS) is 11.7. The van der Waals surface area contributed by atoms with Crippen LogP contribution in [0.25, 0.3) is 6.08 Å². The molecule has 0 fully saturated rings.